The number of nitrogens with zero attached hydrogens (tertiary/aromatic N) is 1. The van der Waals surface area contributed by atoms with Gasteiger partial charge in [0.1, 0.15) is 5.75 Å². The van der Waals surface area contributed by atoms with Gasteiger partial charge in [-0.3, -0.25) is 0 Å². The summed E-state index contributed by atoms with van der Waals surface area (Å²) in [7, 11) is 0. The molecule has 0 saturated carbocycles. The summed E-state index contributed by atoms with van der Waals surface area (Å²) in [5, 5.41) is 13.9. The average Bonchev–Trinajstić information content (AvgIpc) is 2.85. The standard InChI is InChI=1S/C25H21NO2.2C2H6/c1-18-10-12-21(13-11-18)28-25(14-15-26)27-17-24-22-8-4-2-6-19(22)16-20-7-3-5-9-23(20)24;2*1-2/h2-13,16,25H,14,17H2,1H3;2*1-2H3. The van der Waals surface area contributed by atoms with E-state index < -0.39 is 6.29 Å². The summed E-state index contributed by atoms with van der Waals surface area (Å²) in [4.78, 5) is 0. The van der Waals surface area contributed by atoms with E-state index in [1.807, 2.05) is 83.1 Å². The summed E-state index contributed by atoms with van der Waals surface area (Å²) in [6.45, 7) is 10.4. The molecule has 166 valence electrons. The van der Waals surface area contributed by atoms with Crippen molar-refractivity contribution in [3.8, 4) is 11.8 Å². The summed E-state index contributed by atoms with van der Waals surface area (Å²) in [6, 6.07) is 28.7. The van der Waals surface area contributed by atoms with Gasteiger partial charge < -0.3 is 9.47 Å². The Morgan fingerprint density at radius 1 is 0.781 bits per heavy atom. The first-order valence-corrected chi connectivity index (χ1v) is 11.4. The Morgan fingerprint density at radius 2 is 1.31 bits per heavy atom. The van der Waals surface area contributed by atoms with Crippen LogP contribution in [0.1, 0.15) is 45.2 Å². The smallest absolute Gasteiger partial charge is 0.213 e. The Morgan fingerprint density at radius 3 is 1.84 bits per heavy atom. The number of aryl methyl sites for hydroxylation is 1. The van der Waals surface area contributed by atoms with Crippen LogP contribution in [0.5, 0.6) is 5.75 Å². The maximum absolute atomic E-state index is 9.19. The maximum Gasteiger partial charge on any atom is 0.213 e. The summed E-state index contributed by atoms with van der Waals surface area (Å²) in [5.41, 5.74) is 2.27. The Bertz CT molecular complexity index is 1090. The van der Waals surface area contributed by atoms with Crippen LogP contribution < -0.4 is 4.74 Å². The van der Waals surface area contributed by atoms with Crippen molar-refractivity contribution < 1.29 is 9.47 Å². The molecule has 0 spiro atoms. The van der Waals surface area contributed by atoms with Gasteiger partial charge in [0.15, 0.2) is 0 Å². The molecule has 3 nitrogen and oxygen atoms in total. The van der Waals surface area contributed by atoms with Gasteiger partial charge >= 0.3 is 0 Å². The number of rotatable bonds is 6. The van der Waals surface area contributed by atoms with Crippen LogP contribution in [0, 0.1) is 18.3 Å². The lowest BCUT2D eigenvalue weighted by atomic mass is 9.97. The van der Waals surface area contributed by atoms with Gasteiger partial charge in [0.2, 0.25) is 6.29 Å². The molecule has 0 fully saturated rings. The molecule has 0 aromatic heterocycles. The van der Waals surface area contributed by atoms with Crippen LogP contribution in [0.3, 0.4) is 0 Å². The highest BCUT2D eigenvalue weighted by molar-refractivity contribution is 6.02. The van der Waals surface area contributed by atoms with Crippen molar-refractivity contribution in [3.05, 3.63) is 90.0 Å². The lowest BCUT2D eigenvalue weighted by Crippen LogP contribution is -2.20. The number of hydrogen-bond donors (Lipinski definition) is 0. The number of hydrogen-bond acceptors (Lipinski definition) is 3. The normalized spacial score (nSPS) is 10.9. The monoisotopic (exact) mass is 427 g/mol. The van der Waals surface area contributed by atoms with E-state index in [1.165, 1.54) is 10.8 Å². The summed E-state index contributed by atoms with van der Waals surface area (Å²) < 4.78 is 12.0. The van der Waals surface area contributed by atoms with E-state index >= 15 is 0 Å². The van der Waals surface area contributed by atoms with E-state index in [4.69, 9.17) is 9.47 Å². The minimum Gasteiger partial charge on any atom is -0.464 e. The number of ether oxygens (including phenoxy) is 2. The molecule has 0 bridgehead atoms. The highest BCUT2D eigenvalue weighted by Gasteiger charge is 2.14. The number of fused-ring (bicyclic) bond motifs is 2. The molecule has 4 rings (SSSR count). The summed E-state index contributed by atoms with van der Waals surface area (Å²) >= 11 is 0. The molecule has 0 aliphatic carbocycles. The fourth-order valence-electron chi connectivity index (χ4n) is 3.42. The van der Waals surface area contributed by atoms with Crippen molar-refractivity contribution in [3.63, 3.8) is 0 Å². The van der Waals surface area contributed by atoms with Gasteiger partial charge in [0.25, 0.3) is 0 Å². The predicted molar refractivity (Wildman–Crippen MR) is 135 cm³/mol. The van der Waals surface area contributed by atoms with Crippen molar-refractivity contribution in [1.29, 1.82) is 5.26 Å². The van der Waals surface area contributed by atoms with E-state index in [9.17, 15) is 5.26 Å². The first-order valence-electron chi connectivity index (χ1n) is 11.4. The van der Waals surface area contributed by atoms with Gasteiger partial charge in [-0.1, -0.05) is 93.9 Å². The van der Waals surface area contributed by atoms with Crippen LogP contribution in [0.2, 0.25) is 0 Å². The first kappa shape index (κ1) is 24.9. The van der Waals surface area contributed by atoms with Crippen LogP contribution in [-0.4, -0.2) is 6.29 Å². The Balaban J connectivity index is 0.000000860. The minimum atomic E-state index is -0.620. The molecule has 1 unspecified atom stereocenters. The van der Waals surface area contributed by atoms with Crippen LogP contribution in [-0.2, 0) is 11.3 Å². The lowest BCUT2D eigenvalue weighted by molar-refractivity contribution is -0.0847. The van der Waals surface area contributed by atoms with Crippen molar-refractivity contribution in [2.24, 2.45) is 0 Å². The Kier molecular flexibility index (Phi) is 10.2. The van der Waals surface area contributed by atoms with Crippen molar-refractivity contribution in [2.75, 3.05) is 0 Å². The van der Waals surface area contributed by atoms with E-state index in [-0.39, 0.29) is 6.42 Å². The molecule has 0 aliphatic rings. The molecule has 4 aromatic rings. The second kappa shape index (κ2) is 13.1. The van der Waals surface area contributed by atoms with Crippen molar-refractivity contribution >= 4 is 21.5 Å². The van der Waals surface area contributed by atoms with Crippen molar-refractivity contribution in [1.82, 2.24) is 0 Å². The second-order valence-electron chi connectivity index (χ2n) is 6.83. The molecule has 4 aromatic carbocycles. The quantitative estimate of drug-likeness (QED) is 0.230. The topological polar surface area (TPSA) is 42.2 Å². The van der Waals surface area contributed by atoms with Gasteiger partial charge in [0.05, 0.1) is 19.1 Å². The number of benzene rings is 4. The second-order valence-corrected chi connectivity index (χ2v) is 6.83. The Hall–Kier alpha value is -3.35. The van der Waals surface area contributed by atoms with Gasteiger partial charge in [-0.25, -0.2) is 0 Å². The average molecular weight is 428 g/mol. The van der Waals surface area contributed by atoms with Crippen LogP contribution in [0.4, 0.5) is 0 Å². The number of nitriles is 1. The molecular formula is C29H33NO2. The van der Waals surface area contributed by atoms with Gasteiger partial charge in [0, 0.05) is 0 Å². The zero-order valence-electron chi connectivity index (χ0n) is 19.8. The Labute approximate surface area is 192 Å². The summed E-state index contributed by atoms with van der Waals surface area (Å²) in [6.07, 6.45) is -0.457. The third kappa shape index (κ3) is 6.33. The van der Waals surface area contributed by atoms with Crippen LogP contribution in [0.15, 0.2) is 78.9 Å². The molecule has 1 atom stereocenters. The highest BCUT2D eigenvalue weighted by Crippen LogP contribution is 2.29. The van der Waals surface area contributed by atoms with E-state index in [2.05, 4.69) is 36.4 Å². The van der Waals surface area contributed by atoms with Gasteiger partial charge in [-0.15, -0.1) is 0 Å². The zero-order chi connectivity index (χ0) is 23.3. The highest BCUT2D eigenvalue weighted by atomic mass is 16.7. The molecule has 0 amide bonds. The molecule has 0 heterocycles. The third-order valence-electron chi connectivity index (χ3n) is 4.84. The fraction of sp³-hybridized carbons (Fsp3) is 0.276. The molecule has 0 aliphatic heterocycles. The molecular weight excluding hydrogens is 394 g/mol. The summed E-state index contributed by atoms with van der Waals surface area (Å²) in [5.74, 6) is 0.702. The third-order valence-corrected chi connectivity index (χ3v) is 4.84. The largest absolute Gasteiger partial charge is 0.464 e. The van der Waals surface area contributed by atoms with Crippen molar-refractivity contribution in [2.45, 2.75) is 53.9 Å². The van der Waals surface area contributed by atoms with E-state index in [1.54, 1.807) is 0 Å². The first-order chi connectivity index (χ1) is 15.7. The predicted octanol–water partition coefficient (Wildman–Crippen LogP) is 8.19. The van der Waals surface area contributed by atoms with E-state index in [0.29, 0.717) is 12.4 Å². The zero-order valence-corrected chi connectivity index (χ0v) is 19.8. The van der Waals surface area contributed by atoms with Crippen LogP contribution >= 0.6 is 0 Å². The lowest BCUT2D eigenvalue weighted by Gasteiger charge is -2.19. The van der Waals surface area contributed by atoms with Gasteiger partial charge in [-0.05, 0) is 52.2 Å². The molecule has 0 saturated heterocycles. The maximum atomic E-state index is 9.19. The molecule has 32 heavy (non-hydrogen) atoms. The van der Waals surface area contributed by atoms with E-state index in [0.717, 1.165) is 21.9 Å². The van der Waals surface area contributed by atoms with Gasteiger partial charge in [-0.2, -0.15) is 5.26 Å². The van der Waals surface area contributed by atoms with Crippen LogP contribution in [0.25, 0.3) is 21.5 Å². The fourth-order valence-corrected chi connectivity index (χ4v) is 3.42. The SMILES string of the molecule is CC.CC.Cc1ccc(OC(CC#N)OCc2c3ccccc3cc3ccccc23)cc1. The molecule has 0 radical (unpaired) electrons. The molecule has 3 heteroatoms. The minimum absolute atomic E-state index is 0.163. The molecule has 0 N–H and O–H groups in total.